The van der Waals surface area contributed by atoms with Crippen molar-refractivity contribution in [1.82, 2.24) is 9.80 Å². The van der Waals surface area contributed by atoms with Crippen molar-refractivity contribution in [2.24, 2.45) is 0 Å². The third-order valence-electron chi connectivity index (χ3n) is 6.94. The molecule has 168 valence electrons. The van der Waals surface area contributed by atoms with Crippen LogP contribution in [0, 0.1) is 0 Å². The van der Waals surface area contributed by atoms with Gasteiger partial charge in [-0.1, -0.05) is 36.4 Å². The van der Waals surface area contributed by atoms with Crippen LogP contribution in [0.1, 0.15) is 18.4 Å². The first-order chi connectivity index (χ1) is 15.8. The van der Waals surface area contributed by atoms with Crippen LogP contribution >= 0.6 is 0 Å². The molecule has 0 saturated carbocycles. The lowest BCUT2D eigenvalue weighted by Gasteiger charge is -2.44. The molecule has 5 heteroatoms. The molecule has 0 unspecified atom stereocenters. The Kier molecular flexibility index (Phi) is 6.46. The number of hydrogen-bond acceptors (Lipinski definition) is 5. The molecule has 2 aliphatic heterocycles. The highest BCUT2D eigenvalue weighted by Crippen LogP contribution is 2.30. The van der Waals surface area contributed by atoms with Crippen LogP contribution in [0.15, 0.2) is 71.3 Å². The number of anilines is 1. The molecule has 3 aromatic rings. The predicted molar refractivity (Wildman–Crippen MR) is 129 cm³/mol. The lowest BCUT2D eigenvalue weighted by molar-refractivity contribution is 0.0887. The van der Waals surface area contributed by atoms with Gasteiger partial charge in [-0.15, -0.1) is 0 Å². The van der Waals surface area contributed by atoms with Crippen molar-refractivity contribution in [3.63, 3.8) is 0 Å². The SMILES string of the molecule is COc1ccccc1N1CCN([C@H]2CCCN(Cc3ccccc3-c3ccco3)C2)CC1. The summed E-state index contributed by atoms with van der Waals surface area (Å²) in [5.41, 5.74) is 3.78. The summed E-state index contributed by atoms with van der Waals surface area (Å²) in [6, 6.07) is 21.7. The monoisotopic (exact) mass is 431 g/mol. The molecule has 2 aromatic carbocycles. The molecule has 0 bridgehead atoms. The van der Waals surface area contributed by atoms with Crippen LogP contribution in [0.3, 0.4) is 0 Å². The highest BCUT2D eigenvalue weighted by molar-refractivity contribution is 5.62. The summed E-state index contributed by atoms with van der Waals surface area (Å²) >= 11 is 0. The number of nitrogens with zero attached hydrogens (tertiary/aromatic N) is 3. The van der Waals surface area contributed by atoms with E-state index in [-0.39, 0.29) is 0 Å². The quantitative estimate of drug-likeness (QED) is 0.563. The Morgan fingerprint density at radius 1 is 0.906 bits per heavy atom. The first kappa shape index (κ1) is 21.1. The van der Waals surface area contributed by atoms with Gasteiger partial charge in [-0.3, -0.25) is 9.80 Å². The summed E-state index contributed by atoms with van der Waals surface area (Å²) < 4.78 is 11.3. The van der Waals surface area contributed by atoms with E-state index in [1.54, 1.807) is 13.4 Å². The summed E-state index contributed by atoms with van der Waals surface area (Å²) in [6.45, 7) is 7.62. The van der Waals surface area contributed by atoms with Crippen molar-refractivity contribution in [3.05, 3.63) is 72.5 Å². The average Bonchev–Trinajstić information content (AvgIpc) is 3.40. The van der Waals surface area contributed by atoms with Gasteiger partial charge < -0.3 is 14.1 Å². The summed E-state index contributed by atoms with van der Waals surface area (Å²) in [5, 5.41) is 0. The van der Waals surface area contributed by atoms with E-state index < -0.39 is 0 Å². The van der Waals surface area contributed by atoms with Crippen molar-refractivity contribution in [2.75, 3.05) is 51.3 Å². The van der Waals surface area contributed by atoms with Crippen LogP contribution in [0.25, 0.3) is 11.3 Å². The Morgan fingerprint density at radius 2 is 1.72 bits per heavy atom. The van der Waals surface area contributed by atoms with E-state index in [1.165, 1.54) is 36.2 Å². The van der Waals surface area contributed by atoms with Crippen molar-refractivity contribution >= 4 is 5.69 Å². The van der Waals surface area contributed by atoms with Gasteiger partial charge in [0.15, 0.2) is 0 Å². The van der Waals surface area contributed by atoms with Crippen molar-refractivity contribution in [1.29, 1.82) is 0 Å². The molecule has 0 spiro atoms. The molecule has 32 heavy (non-hydrogen) atoms. The molecule has 0 N–H and O–H groups in total. The van der Waals surface area contributed by atoms with Crippen LogP contribution in [0.4, 0.5) is 5.69 Å². The highest BCUT2D eigenvalue weighted by atomic mass is 16.5. The second kappa shape index (κ2) is 9.80. The molecule has 1 atom stereocenters. The third-order valence-corrected chi connectivity index (χ3v) is 6.94. The number of methoxy groups -OCH3 is 1. The maximum atomic E-state index is 5.69. The zero-order chi connectivity index (χ0) is 21.8. The van der Waals surface area contributed by atoms with Crippen molar-refractivity contribution < 1.29 is 9.15 Å². The fourth-order valence-electron chi connectivity index (χ4n) is 5.26. The van der Waals surface area contributed by atoms with Gasteiger partial charge in [0.2, 0.25) is 0 Å². The van der Waals surface area contributed by atoms with Crippen LogP contribution in [-0.4, -0.2) is 62.2 Å². The Morgan fingerprint density at radius 3 is 2.53 bits per heavy atom. The second-order valence-electron chi connectivity index (χ2n) is 8.86. The number of para-hydroxylation sites is 2. The number of piperidine rings is 1. The number of piperazine rings is 1. The Labute approximate surface area is 191 Å². The standard InChI is InChI=1S/C27H33N3O2/c1-31-27-12-5-4-11-25(27)30-17-15-29(16-18-30)23-9-6-14-28(21-23)20-22-8-2-3-10-24(22)26-13-7-19-32-26/h2-5,7-8,10-13,19,23H,6,9,14-18,20-21H2,1H3/t23-/m0/s1. The van der Waals surface area contributed by atoms with Gasteiger partial charge in [-0.05, 0) is 49.2 Å². The minimum absolute atomic E-state index is 0.638. The molecule has 5 rings (SSSR count). The maximum absolute atomic E-state index is 5.69. The minimum atomic E-state index is 0.638. The summed E-state index contributed by atoms with van der Waals surface area (Å²) in [7, 11) is 1.76. The number of furan rings is 1. The zero-order valence-electron chi connectivity index (χ0n) is 19.0. The van der Waals surface area contributed by atoms with Gasteiger partial charge in [0.05, 0.1) is 19.1 Å². The zero-order valence-corrected chi connectivity index (χ0v) is 19.0. The largest absolute Gasteiger partial charge is 0.495 e. The molecular weight excluding hydrogens is 398 g/mol. The molecule has 0 amide bonds. The second-order valence-corrected chi connectivity index (χ2v) is 8.86. The lowest BCUT2D eigenvalue weighted by atomic mass is 10.00. The van der Waals surface area contributed by atoms with E-state index in [9.17, 15) is 0 Å². The first-order valence-corrected chi connectivity index (χ1v) is 11.8. The molecule has 1 aromatic heterocycles. The van der Waals surface area contributed by atoms with Gasteiger partial charge in [0, 0.05) is 50.9 Å². The molecule has 0 radical (unpaired) electrons. The maximum Gasteiger partial charge on any atom is 0.142 e. The summed E-state index contributed by atoms with van der Waals surface area (Å²) in [6.07, 6.45) is 4.32. The topological polar surface area (TPSA) is 32.1 Å². The van der Waals surface area contributed by atoms with Crippen molar-refractivity contribution in [2.45, 2.75) is 25.4 Å². The molecule has 3 heterocycles. The van der Waals surface area contributed by atoms with Gasteiger partial charge >= 0.3 is 0 Å². The predicted octanol–water partition coefficient (Wildman–Crippen LogP) is 4.74. The number of hydrogen-bond donors (Lipinski definition) is 0. The fourth-order valence-corrected chi connectivity index (χ4v) is 5.26. The number of benzene rings is 2. The summed E-state index contributed by atoms with van der Waals surface area (Å²) in [5.74, 6) is 1.93. The molecule has 2 saturated heterocycles. The smallest absolute Gasteiger partial charge is 0.142 e. The van der Waals surface area contributed by atoms with E-state index in [4.69, 9.17) is 9.15 Å². The Bertz CT molecular complexity index is 996. The molecule has 5 nitrogen and oxygen atoms in total. The van der Waals surface area contributed by atoms with E-state index in [0.29, 0.717) is 6.04 Å². The van der Waals surface area contributed by atoms with Crippen LogP contribution < -0.4 is 9.64 Å². The highest BCUT2D eigenvalue weighted by Gasteiger charge is 2.29. The molecular formula is C27H33N3O2. The van der Waals surface area contributed by atoms with Gasteiger partial charge in [-0.25, -0.2) is 0 Å². The minimum Gasteiger partial charge on any atom is -0.495 e. The van der Waals surface area contributed by atoms with Crippen molar-refractivity contribution in [3.8, 4) is 17.1 Å². The van der Waals surface area contributed by atoms with E-state index in [0.717, 1.165) is 50.8 Å². The normalized spacial score (nSPS) is 20.4. The Hall–Kier alpha value is -2.76. The average molecular weight is 432 g/mol. The van der Waals surface area contributed by atoms with Crippen LogP contribution in [0.2, 0.25) is 0 Å². The number of ether oxygens (including phenoxy) is 1. The first-order valence-electron chi connectivity index (χ1n) is 11.8. The fraction of sp³-hybridized carbons (Fsp3) is 0.407. The van der Waals surface area contributed by atoms with Crippen LogP contribution in [-0.2, 0) is 6.54 Å². The Balaban J connectivity index is 1.21. The van der Waals surface area contributed by atoms with Gasteiger partial charge in [0.25, 0.3) is 0 Å². The van der Waals surface area contributed by atoms with Gasteiger partial charge in [0.1, 0.15) is 11.5 Å². The molecule has 2 aliphatic rings. The molecule has 2 fully saturated rings. The summed E-state index contributed by atoms with van der Waals surface area (Å²) in [4.78, 5) is 7.80. The van der Waals surface area contributed by atoms with Gasteiger partial charge in [-0.2, -0.15) is 0 Å². The van der Waals surface area contributed by atoms with E-state index >= 15 is 0 Å². The van der Waals surface area contributed by atoms with E-state index in [1.807, 2.05) is 12.1 Å². The third kappa shape index (κ3) is 4.54. The number of rotatable bonds is 6. The van der Waals surface area contributed by atoms with Crippen LogP contribution in [0.5, 0.6) is 5.75 Å². The number of likely N-dealkylation sites (tertiary alicyclic amines) is 1. The lowest BCUT2D eigenvalue weighted by Crippen LogP contribution is -2.55. The molecule has 0 aliphatic carbocycles. The van der Waals surface area contributed by atoms with E-state index in [2.05, 4.69) is 63.2 Å².